The Morgan fingerprint density at radius 2 is 0.783 bits per heavy atom. The van der Waals surface area contributed by atoms with Crippen molar-refractivity contribution in [1.29, 1.82) is 0 Å². The predicted molar refractivity (Wildman–Crippen MR) is 193 cm³/mol. The summed E-state index contributed by atoms with van der Waals surface area (Å²) < 4.78 is 6.49. The maximum absolute atomic E-state index is 6.49. The first-order chi connectivity index (χ1) is 22.8. The van der Waals surface area contributed by atoms with Crippen molar-refractivity contribution in [1.82, 2.24) is 0 Å². The number of furan rings is 1. The standard InChI is InChI=1S/C44H31NO/c1-4-13-35(14-5-1)43-41-21-10-11-22-42(41)46-44(43)37-16-12-15-36(31-37)34-25-23-32(24-26-34)33-27-29-40(30-28-33)45(38-17-6-2-7-18-38)39-19-8-3-9-20-39/h1-31H. The maximum Gasteiger partial charge on any atom is 0.143 e. The van der Waals surface area contributed by atoms with Crippen LogP contribution in [0.5, 0.6) is 0 Å². The second-order valence-corrected chi connectivity index (χ2v) is 11.4. The first kappa shape index (κ1) is 27.4. The first-order valence-corrected chi connectivity index (χ1v) is 15.6. The summed E-state index contributed by atoms with van der Waals surface area (Å²) in [6.45, 7) is 0. The van der Waals surface area contributed by atoms with Gasteiger partial charge in [0, 0.05) is 33.6 Å². The molecule has 0 spiro atoms. The fourth-order valence-electron chi connectivity index (χ4n) is 6.24. The minimum atomic E-state index is 0.894. The van der Waals surface area contributed by atoms with Crippen molar-refractivity contribution in [2.24, 2.45) is 0 Å². The van der Waals surface area contributed by atoms with Gasteiger partial charge in [-0.3, -0.25) is 0 Å². The molecule has 0 aliphatic carbocycles. The molecule has 0 N–H and O–H groups in total. The Hall–Kier alpha value is -6.12. The van der Waals surface area contributed by atoms with Crippen molar-refractivity contribution in [3.63, 3.8) is 0 Å². The van der Waals surface area contributed by atoms with Gasteiger partial charge in [0.25, 0.3) is 0 Å². The van der Waals surface area contributed by atoms with E-state index in [4.69, 9.17) is 4.42 Å². The number of anilines is 3. The lowest BCUT2D eigenvalue weighted by atomic mass is 9.95. The normalized spacial score (nSPS) is 11.0. The number of hydrogen-bond donors (Lipinski definition) is 0. The molecule has 8 aromatic rings. The Morgan fingerprint density at radius 1 is 0.326 bits per heavy atom. The first-order valence-electron chi connectivity index (χ1n) is 15.6. The van der Waals surface area contributed by atoms with Crippen LogP contribution in [0.4, 0.5) is 17.1 Å². The minimum Gasteiger partial charge on any atom is -0.455 e. The molecule has 218 valence electrons. The Labute approximate surface area is 269 Å². The number of rotatable bonds is 7. The van der Waals surface area contributed by atoms with E-state index in [0.717, 1.165) is 56.0 Å². The lowest BCUT2D eigenvalue weighted by Gasteiger charge is -2.25. The average molecular weight is 590 g/mol. The van der Waals surface area contributed by atoms with Gasteiger partial charge in [-0.2, -0.15) is 0 Å². The van der Waals surface area contributed by atoms with Crippen molar-refractivity contribution >= 4 is 28.0 Å². The smallest absolute Gasteiger partial charge is 0.143 e. The van der Waals surface area contributed by atoms with Gasteiger partial charge in [0.15, 0.2) is 0 Å². The van der Waals surface area contributed by atoms with Gasteiger partial charge in [-0.05, 0) is 76.3 Å². The summed E-state index contributed by atoms with van der Waals surface area (Å²) in [7, 11) is 0. The fraction of sp³-hybridized carbons (Fsp3) is 0. The molecular weight excluding hydrogens is 558 g/mol. The monoisotopic (exact) mass is 589 g/mol. The molecule has 2 nitrogen and oxygen atoms in total. The number of hydrogen-bond acceptors (Lipinski definition) is 2. The van der Waals surface area contributed by atoms with Gasteiger partial charge < -0.3 is 9.32 Å². The van der Waals surface area contributed by atoms with Crippen molar-refractivity contribution in [3.8, 4) is 44.7 Å². The molecule has 0 fully saturated rings. The second kappa shape index (κ2) is 12.1. The van der Waals surface area contributed by atoms with Crippen molar-refractivity contribution in [3.05, 3.63) is 188 Å². The maximum atomic E-state index is 6.49. The van der Waals surface area contributed by atoms with Crippen LogP contribution in [-0.2, 0) is 0 Å². The van der Waals surface area contributed by atoms with Crippen LogP contribution in [0.3, 0.4) is 0 Å². The van der Waals surface area contributed by atoms with Gasteiger partial charge >= 0.3 is 0 Å². The molecule has 46 heavy (non-hydrogen) atoms. The van der Waals surface area contributed by atoms with Crippen LogP contribution >= 0.6 is 0 Å². The van der Waals surface area contributed by atoms with Gasteiger partial charge in [-0.1, -0.05) is 140 Å². The number of nitrogens with zero attached hydrogens (tertiary/aromatic N) is 1. The van der Waals surface area contributed by atoms with E-state index in [-0.39, 0.29) is 0 Å². The average Bonchev–Trinajstić information content (AvgIpc) is 3.53. The molecule has 0 saturated heterocycles. The third-order valence-electron chi connectivity index (χ3n) is 8.49. The Morgan fingerprint density at radius 3 is 1.41 bits per heavy atom. The lowest BCUT2D eigenvalue weighted by molar-refractivity contribution is 0.632. The number of fused-ring (bicyclic) bond motifs is 1. The fourth-order valence-corrected chi connectivity index (χ4v) is 6.24. The SMILES string of the molecule is c1ccc(-c2c(-c3cccc(-c4ccc(-c5ccc(N(c6ccccc6)c6ccccc6)cc5)cc4)c3)oc3ccccc23)cc1. The highest BCUT2D eigenvalue weighted by Gasteiger charge is 2.18. The third-order valence-corrected chi connectivity index (χ3v) is 8.49. The summed E-state index contributed by atoms with van der Waals surface area (Å²) in [6.07, 6.45) is 0. The largest absolute Gasteiger partial charge is 0.455 e. The third kappa shape index (κ3) is 5.27. The molecule has 0 unspecified atom stereocenters. The van der Waals surface area contributed by atoms with Crippen molar-refractivity contribution in [2.45, 2.75) is 0 Å². The van der Waals surface area contributed by atoms with Crippen LogP contribution in [0.2, 0.25) is 0 Å². The van der Waals surface area contributed by atoms with E-state index in [0.29, 0.717) is 0 Å². The van der Waals surface area contributed by atoms with E-state index in [2.05, 4.69) is 175 Å². The van der Waals surface area contributed by atoms with Crippen LogP contribution < -0.4 is 4.90 Å². The zero-order chi connectivity index (χ0) is 30.7. The molecule has 0 saturated carbocycles. The van der Waals surface area contributed by atoms with Gasteiger partial charge in [0.2, 0.25) is 0 Å². The predicted octanol–water partition coefficient (Wildman–Crippen LogP) is 12.6. The van der Waals surface area contributed by atoms with Gasteiger partial charge in [-0.15, -0.1) is 0 Å². The quantitative estimate of drug-likeness (QED) is 0.184. The molecule has 1 aromatic heterocycles. The van der Waals surface area contributed by atoms with E-state index in [1.54, 1.807) is 0 Å². The van der Waals surface area contributed by atoms with Gasteiger partial charge in [0.05, 0.1) is 0 Å². The van der Waals surface area contributed by atoms with Crippen LogP contribution in [0.1, 0.15) is 0 Å². The zero-order valence-electron chi connectivity index (χ0n) is 25.3. The summed E-state index contributed by atoms with van der Waals surface area (Å²) in [6, 6.07) is 66.1. The molecule has 0 aliphatic heterocycles. The lowest BCUT2D eigenvalue weighted by Crippen LogP contribution is -2.09. The van der Waals surface area contributed by atoms with E-state index in [9.17, 15) is 0 Å². The number of benzene rings is 7. The highest BCUT2D eigenvalue weighted by molar-refractivity contribution is 6.02. The molecule has 0 atom stereocenters. The summed E-state index contributed by atoms with van der Waals surface area (Å²) >= 11 is 0. The van der Waals surface area contributed by atoms with Crippen LogP contribution in [0.15, 0.2) is 192 Å². The minimum absolute atomic E-state index is 0.894. The molecule has 0 aliphatic rings. The Bertz CT molecular complexity index is 2180. The highest BCUT2D eigenvalue weighted by atomic mass is 16.3. The molecule has 2 heteroatoms. The molecule has 0 bridgehead atoms. The van der Waals surface area contributed by atoms with Crippen LogP contribution in [0, 0.1) is 0 Å². The molecule has 8 rings (SSSR count). The van der Waals surface area contributed by atoms with E-state index in [1.165, 1.54) is 16.7 Å². The van der Waals surface area contributed by atoms with E-state index >= 15 is 0 Å². The Kier molecular flexibility index (Phi) is 7.22. The summed E-state index contributed by atoms with van der Waals surface area (Å²) in [5, 5.41) is 1.13. The van der Waals surface area contributed by atoms with E-state index < -0.39 is 0 Å². The van der Waals surface area contributed by atoms with E-state index in [1.807, 2.05) is 18.2 Å². The molecular formula is C44H31NO. The molecule has 7 aromatic carbocycles. The topological polar surface area (TPSA) is 16.4 Å². The van der Waals surface area contributed by atoms with Crippen molar-refractivity contribution < 1.29 is 4.42 Å². The number of para-hydroxylation sites is 3. The second-order valence-electron chi connectivity index (χ2n) is 11.4. The van der Waals surface area contributed by atoms with Gasteiger partial charge in [0.1, 0.15) is 11.3 Å². The molecule has 0 amide bonds. The Balaban J connectivity index is 1.10. The highest BCUT2D eigenvalue weighted by Crippen LogP contribution is 2.42. The molecule has 0 radical (unpaired) electrons. The van der Waals surface area contributed by atoms with Crippen molar-refractivity contribution in [2.75, 3.05) is 4.90 Å². The van der Waals surface area contributed by atoms with Crippen LogP contribution in [0.25, 0.3) is 55.7 Å². The molecule has 1 heterocycles. The van der Waals surface area contributed by atoms with Gasteiger partial charge in [-0.25, -0.2) is 0 Å². The summed E-state index contributed by atoms with van der Waals surface area (Å²) in [5.74, 6) is 0.894. The summed E-state index contributed by atoms with van der Waals surface area (Å²) in [5.41, 5.74) is 12.3. The summed E-state index contributed by atoms with van der Waals surface area (Å²) in [4.78, 5) is 2.28. The zero-order valence-corrected chi connectivity index (χ0v) is 25.3. The van der Waals surface area contributed by atoms with Crippen LogP contribution in [-0.4, -0.2) is 0 Å².